The van der Waals surface area contributed by atoms with Crippen LogP contribution in [0.3, 0.4) is 0 Å². The Labute approximate surface area is 162 Å². The van der Waals surface area contributed by atoms with Crippen LogP contribution >= 0.6 is 0 Å². The summed E-state index contributed by atoms with van der Waals surface area (Å²) in [5, 5.41) is 0. The van der Waals surface area contributed by atoms with Crippen molar-refractivity contribution in [3.63, 3.8) is 0 Å². The number of hydrogen-bond donors (Lipinski definition) is 1. The first-order valence-corrected chi connectivity index (χ1v) is 10.3. The van der Waals surface area contributed by atoms with Crippen LogP contribution in [-0.2, 0) is 12.8 Å². The van der Waals surface area contributed by atoms with Crippen LogP contribution in [0.2, 0.25) is 0 Å². The van der Waals surface area contributed by atoms with Crippen LogP contribution in [0.4, 0.5) is 5.69 Å². The Bertz CT molecular complexity index is 821. The summed E-state index contributed by atoms with van der Waals surface area (Å²) in [5.74, 6) is 1.78. The third-order valence-corrected chi connectivity index (χ3v) is 7.04. The molecule has 142 valence electrons. The van der Waals surface area contributed by atoms with Crippen molar-refractivity contribution in [3.05, 3.63) is 65.2 Å². The second-order valence-electron chi connectivity index (χ2n) is 8.93. The van der Waals surface area contributed by atoms with Crippen molar-refractivity contribution in [2.45, 2.75) is 33.1 Å². The van der Waals surface area contributed by atoms with Crippen LogP contribution in [0.25, 0.3) is 0 Å². The van der Waals surface area contributed by atoms with Gasteiger partial charge in [0.15, 0.2) is 0 Å². The zero-order valence-electron chi connectivity index (χ0n) is 16.5. The van der Waals surface area contributed by atoms with Crippen molar-refractivity contribution in [3.8, 4) is 0 Å². The summed E-state index contributed by atoms with van der Waals surface area (Å²) >= 11 is 0. The minimum absolute atomic E-state index is 0.332. The minimum atomic E-state index is -0.332. The number of hydrogen-bond acceptors (Lipinski definition) is 1. The fourth-order valence-electron chi connectivity index (χ4n) is 5.29. The highest BCUT2D eigenvalue weighted by atomic mass is 16.1. The zero-order chi connectivity index (χ0) is 19.0. The van der Waals surface area contributed by atoms with E-state index in [1.54, 1.807) is 0 Å². The van der Waals surface area contributed by atoms with Crippen LogP contribution in [0.5, 0.6) is 0 Å². The molecule has 0 aromatic heterocycles. The number of likely N-dealkylation sites (tertiary alicyclic amines) is 1. The minimum Gasteiger partial charge on any atom is -0.366 e. The third-order valence-electron chi connectivity index (χ3n) is 7.04. The Hall–Kier alpha value is -2.13. The van der Waals surface area contributed by atoms with Crippen molar-refractivity contribution in [1.82, 2.24) is 4.48 Å². The van der Waals surface area contributed by atoms with Gasteiger partial charge in [0.05, 0.1) is 19.6 Å². The van der Waals surface area contributed by atoms with E-state index in [1.807, 2.05) is 18.2 Å². The molecule has 2 aromatic carbocycles. The van der Waals surface area contributed by atoms with Gasteiger partial charge in [0.1, 0.15) is 5.69 Å². The summed E-state index contributed by atoms with van der Waals surface area (Å²) in [4.78, 5) is 11.8. The lowest BCUT2D eigenvalue weighted by molar-refractivity contribution is 0.0999. The normalized spacial score (nSPS) is 28.1. The van der Waals surface area contributed by atoms with Gasteiger partial charge in [-0.1, -0.05) is 44.2 Å². The maximum absolute atomic E-state index is 11.8. The molecule has 1 saturated heterocycles. The molecule has 2 aliphatic rings. The van der Waals surface area contributed by atoms with Crippen molar-refractivity contribution in [2.75, 3.05) is 19.6 Å². The average Bonchev–Trinajstić information content (AvgIpc) is 3.07. The molecule has 3 atom stereocenters. The summed E-state index contributed by atoms with van der Waals surface area (Å²) < 4.78 is 0.991. The number of nitrogens with two attached hydrogens (primary N) is 1. The lowest BCUT2D eigenvalue weighted by Crippen LogP contribution is -2.59. The molecule has 27 heavy (non-hydrogen) atoms. The SMILES string of the molecule is C[C@H]1CC[N+](CC2Cc3ccccc3C2)(c2cccc(C(N)=O)c2)C[C@@H]1C. The number of fused-ring (bicyclic) bond motifs is 1. The van der Waals surface area contributed by atoms with E-state index in [1.165, 1.54) is 36.1 Å². The number of quaternary nitrogens is 1. The lowest BCUT2D eigenvalue weighted by Gasteiger charge is -2.47. The molecule has 1 aliphatic carbocycles. The predicted molar refractivity (Wildman–Crippen MR) is 112 cm³/mol. The molecule has 2 aromatic rings. The molecule has 0 radical (unpaired) electrons. The van der Waals surface area contributed by atoms with E-state index in [2.05, 4.69) is 44.2 Å². The standard InChI is InChI=1S/C24H30N2O/c1-17-10-11-26(15-18(17)2,23-9-5-8-22(14-23)24(25)27)16-19-12-20-6-3-4-7-21(20)13-19/h3-9,14,17-19H,10-13,15-16H2,1-2H3,(H-,25,27)/p+1/t17-,18-,26?/m0/s1. The Kier molecular flexibility index (Phi) is 4.81. The molecular formula is C24H31N2O+. The van der Waals surface area contributed by atoms with E-state index < -0.39 is 0 Å². The summed E-state index contributed by atoms with van der Waals surface area (Å²) in [6.45, 7) is 8.21. The molecule has 1 heterocycles. The molecule has 4 rings (SSSR count). The number of rotatable bonds is 4. The number of amides is 1. The van der Waals surface area contributed by atoms with Gasteiger partial charge in [0, 0.05) is 29.9 Å². The van der Waals surface area contributed by atoms with Gasteiger partial charge in [-0.3, -0.25) is 9.28 Å². The second-order valence-corrected chi connectivity index (χ2v) is 8.93. The van der Waals surface area contributed by atoms with Gasteiger partial charge in [-0.2, -0.15) is 0 Å². The van der Waals surface area contributed by atoms with Crippen LogP contribution < -0.4 is 10.2 Å². The quantitative estimate of drug-likeness (QED) is 0.814. The number of piperidine rings is 1. The molecule has 1 fully saturated rings. The number of carbonyl (C=O) groups is 1. The molecule has 0 saturated carbocycles. The summed E-state index contributed by atoms with van der Waals surface area (Å²) in [5.41, 5.74) is 10.5. The second kappa shape index (κ2) is 7.12. The van der Waals surface area contributed by atoms with E-state index in [9.17, 15) is 4.79 Å². The van der Waals surface area contributed by atoms with E-state index >= 15 is 0 Å². The molecule has 1 aliphatic heterocycles. The van der Waals surface area contributed by atoms with Gasteiger partial charge in [-0.05, 0) is 42.0 Å². The van der Waals surface area contributed by atoms with E-state index in [-0.39, 0.29) is 5.91 Å². The molecule has 1 unspecified atom stereocenters. The highest BCUT2D eigenvalue weighted by Crippen LogP contribution is 2.38. The van der Waals surface area contributed by atoms with Crippen molar-refractivity contribution < 1.29 is 4.79 Å². The van der Waals surface area contributed by atoms with Gasteiger partial charge >= 0.3 is 0 Å². The molecular weight excluding hydrogens is 332 g/mol. The molecule has 0 bridgehead atoms. The maximum atomic E-state index is 11.8. The summed E-state index contributed by atoms with van der Waals surface area (Å²) in [7, 11) is 0. The highest BCUT2D eigenvalue weighted by Gasteiger charge is 2.41. The van der Waals surface area contributed by atoms with Crippen LogP contribution in [-0.4, -0.2) is 25.5 Å². The summed E-state index contributed by atoms with van der Waals surface area (Å²) in [6.07, 6.45) is 3.59. The lowest BCUT2D eigenvalue weighted by atomic mass is 9.85. The van der Waals surface area contributed by atoms with E-state index in [0.29, 0.717) is 17.4 Å². The number of carbonyl (C=O) groups excluding carboxylic acids is 1. The Morgan fingerprint density at radius 3 is 2.37 bits per heavy atom. The van der Waals surface area contributed by atoms with Crippen molar-refractivity contribution in [2.24, 2.45) is 23.5 Å². The number of primary amides is 1. The van der Waals surface area contributed by atoms with Gasteiger partial charge in [-0.25, -0.2) is 0 Å². The van der Waals surface area contributed by atoms with Crippen LogP contribution in [0, 0.1) is 17.8 Å². The maximum Gasteiger partial charge on any atom is 0.248 e. The smallest absolute Gasteiger partial charge is 0.248 e. The van der Waals surface area contributed by atoms with Crippen LogP contribution in [0.15, 0.2) is 48.5 Å². The third kappa shape index (κ3) is 3.53. The monoisotopic (exact) mass is 363 g/mol. The molecule has 2 N–H and O–H groups in total. The van der Waals surface area contributed by atoms with Gasteiger partial charge in [0.2, 0.25) is 5.91 Å². The highest BCUT2D eigenvalue weighted by molar-refractivity contribution is 5.93. The molecule has 3 heteroatoms. The van der Waals surface area contributed by atoms with Crippen molar-refractivity contribution >= 4 is 11.6 Å². The molecule has 1 amide bonds. The van der Waals surface area contributed by atoms with Gasteiger partial charge < -0.3 is 5.73 Å². The first kappa shape index (κ1) is 18.2. The molecule has 0 spiro atoms. The Morgan fingerprint density at radius 2 is 1.74 bits per heavy atom. The zero-order valence-corrected chi connectivity index (χ0v) is 16.5. The summed E-state index contributed by atoms with van der Waals surface area (Å²) in [6, 6.07) is 17.0. The molecule has 3 nitrogen and oxygen atoms in total. The van der Waals surface area contributed by atoms with E-state index in [4.69, 9.17) is 5.73 Å². The average molecular weight is 364 g/mol. The van der Waals surface area contributed by atoms with Gasteiger partial charge in [-0.15, -0.1) is 0 Å². The number of benzene rings is 2. The van der Waals surface area contributed by atoms with Crippen molar-refractivity contribution in [1.29, 1.82) is 0 Å². The first-order chi connectivity index (χ1) is 13.0. The number of nitrogens with zero attached hydrogens (tertiary/aromatic N) is 1. The largest absolute Gasteiger partial charge is 0.366 e. The fraction of sp³-hybridized carbons (Fsp3) is 0.458. The predicted octanol–water partition coefficient (Wildman–Crippen LogP) is 4.18. The fourth-order valence-corrected chi connectivity index (χ4v) is 5.29. The topological polar surface area (TPSA) is 43.1 Å². The Balaban J connectivity index is 1.66. The van der Waals surface area contributed by atoms with Crippen LogP contribution in [0.1, 0.15) is 41.8 Å². The Morgan fingerprint density at radius 1 is 1.04 bits per heavy atom. The first-order valence-electron chi connectivity index (χ1n) is 10.3. The van der Waals surface area contributed by atoms with Gasteiger partial charge in [0.25, 0.3) is 0 Å². The van der Waals surface area contributed by atoms with E-state index in [0.717, 1.165) is 30.0 Å².